The van der Waals surface area contributed by atoms with Crippen LogP contribution in [0.3, 0.4) is 0 Å². The number of rotatable bonds is 4. The van der Waals surface area contributed by atoms with Crippen molar-refractivity contribution in [3.05, 3.63) is 5.01 Å². The summed E-state index contributed by atoms with van der Waals surface area (Å²) in [6.07, 6.45) is 0. The fraction of sp³-hybridized carbons (Fsp3) is 0.571. The highest BCUT2D eigenvalue weighted by molar-refractivity contribution is 8.01. The molecule has 0 amide bonds. The Labute approximate surface area is 85.4 Å². The molecule has 0 fully saturated rings. The molecule has 70 valence electrons. The minimum atomic E-state index is -0.116. The molecule has 0 aliphatic carbocycles. The predicted octanol–water partition coefficient (Wildman–Crippen LogP) is 1.05. The molecule has 1 N–H and O–H groups in total. The Morgan fingerprint density at radius 2 is 2.46 bits per heavy atom. The molecule has 1 atom stereocenters. The highest BCUT2D eigenvalue weighted by atomic mass is 32.2. The first-order chi connectivity index (χ1) is 6.26. The quantitative estimate of drug-likeness (QED) is 0.759. The number of aromatic nitrogens is 2. The molecule has 1 heterocycles. The van der Waals surface area contributed by atoms with Crippen LogP contribution >= 0.6 is 23.1 Å². The molecule has 0 saturated carbocycles. The van der Waals surface area contributed by atoms with Crippen molar-refractivity contribution in [2.24, 2.45) is 0 Å². The number of nitrogens with zero attached hydrogens (tertiary/aromatic N) is 3. The van der Waals surface area contributed by atoms with E-state index in [2.05, 4.69) is 21.6 Å². The second-order valence-corrected chi connectivity index (χ2v) is 4.82. The number of aryl methyl sites for hydroxylation is 1. The SMILES string of the molecule is CNC(C#N)CSc1nnc(C)s1. The van der Waals surface area contributed by atoms with Crippen molar-refractivity contribution in [1.29, 1.82) is 5.26 Å². The smallest absolute Gasteiger partial charge is 0.174 e. The van der Waals surface area contributed by atoms with Gasteiger partial charge < -0.3 is 5.32 Å². The van der Waals surface area contributed by atoms with E-state index in [1.165, 1.54) is 0 Å². The molecule has 13 heavy (non-hydrogen) atoms. The zero-order valence-electron chi connectivity index (χ0n) is 7.44. The minimum absolute atomic E-state index is 0.116. The molecule has 0 saturated heterocycles. The fourth-order valence-electron chi connectivity index (χ4n) is 0.677. The van der Waals surface area contributed by atoms with Crippen LogP contribution < -0.4 is 5.32 Å². The molecule has 0 bridgehead atoms. The van der Waals surface area contributed by atoms with Gasteiger partial charge in [0.1, 0.15) is 11.0 Å². The number of hydrogen-bond acceptors (Lipinski definition) is 6. The van der Waals surface area contributed by atoms with Gasteiger partial charge in [0.25, 0.3) is 0 Å². The van der Waals surface area contributed by atoms with Crippen molar-refractivity contribution < 1.29 is 0 Å². The standard InChI is InChI=1S/C7H10N4S2/c1-5-10-11-7(13-5)12-4-6(3-8)9-2/h6,9H,4H2,1-2H3. The molecule has 1 rings (SSSR count). The van der Waals surface area contributed by atoms with Crippen LogP contribution in [0.4, 0.5) is 0 Å². The highest BCUT2D eigenvalue weighted by Gasteiger charge is 2.07. The summed E-state index contributed by atoms with van der Waals surface area (Å²) in [5, 5.41) is 20.4. The Hall–Kier alpha value is -0.640. The summed E-state index contributed by atoms with van der Waals surface area (Å²) >= 11 is 3.11. The molecule has 0 aliphatic heterocycles. The van der Waals surface area contributed by atoms with Gasteiger partial charge in [-0.1, -0.05) is 23.1 Å². The zero-order valence-corrected chi connectivity index (χ0v) is 9.08. The van der Waals surface area contributed by atoms with Crippen LogP contribution in [0.2, 0.25) is 0 Å². The Balaban J connectivity index is 2.39. The average Bonchev–Trinajstić information content (AvgIpc) is 2.53. The highest BCUT2D eigenvalue weighted by Crippen LogP contribution is 2.21. The summed E-state index contributed by atoms with van der Waals surface area (Å²) in [5.41, 5.74) is 0. The maximum absolute atomic E-state index is 8.65. The molecule has 0 spiro atoms. The maximum Gasteiger partial charge on any atom is 0.174 e. The first kappa shape index (κ1) is 10.4. The summed E-state index contributed by atoms with van der Waals surface area (Å²) in [7, 11) is 1.78. The van der Waals surface area contributed by atoms with Gasteiger partial charge in [0.05, 0.1) is 6.07 Å². The summed E-state index contributed by atoms with van der Waals surface area (Å²) < 4.78 is 0.924. The Kier molecular flexibility index (Phi) is 4.15. The topological polar surface area (TPSA) is 61.6 Å². The Bertz CT molecular complexity index is 304. The van der Waals surface area contributed by atoms with E-state index in [-0.39, 0.29) is 6.04 Å². The van der Waals surface area contributed by atoms with Crippen LogP contribution in [0, 0.1) is 18.3 Å². The van der Waals surface area contributed by atoms with Gasteiger partial charge in [-0.25, -0.2) is 0 Å². The van der Waals surface area contributed by atoms with Gasteiger partial charge in [0.2, 0.25) is 0 Å². The van der Waals surface area contributed by atoms with Gasteiger partial charge in [0.15, 0.2) is 4.34 Å². The largest absolute Gasteiger partial charge is 0.304 e. The molecule has 0 radical (unpaired) electrons. The van der Waals surface area contributed by atoms with Gasteiger partial charge in [-0.05, 0) is 14.0 Å². The van der Waals surface area contributed by atoms with E-state index < -0.39 is 0 Å². The lowest BCUT2D eigenvalue weighted by Crippen LogP contribution is -2.25. The Morgan fingerprint density at radius 3 is 2.92 bits per heavy atom. The van der Waals surface area contributed by atoms with E-state index >= 15 is 0 Å². The second kappa shape index (κ2) is 5.17. The zero-order chi connectivity index (χ0) is 9.68. The molecule has 1 aromatic heterocycles. The predicted molar refractivity (Wildman–Crippen MR) is 53.8 cm³/mol. The maximum atomic E-state index is 8.65. The number of nitriles is 1. The van der Waals surface area contributed by atoms with Gasteiger partial charge in [0, 0.05) is 5.75 Å². The molecule has 6 heteroatoms. The van der Waals surface area contributed by atoms with E-state index in [1.807, 2.05) is 6.92 Å². The summed E-state index contributed by atoms with van der Waals surface area (Å²) in [4.78, 5) is 0. The number of hydrogen-bond donors (Lipinski definition) is 1. The van der Waals surface area contributed by atoms with E-state index in [9.17, 15) is 0 Å². The summed E-state index contributed by atoms with van der Waals surface area (Å²) in [5.74, 6) is 0.710. The molecular weight excluding hydrogens is 204 g/mol. The van der Waals surface area contributed by atoms with Crippen molar-refractivity contribution >= 4 is 23.1 Å². The van der Waals surface area contributed by atoms with Gasteiger partial charge in [-0.15, -0.1) is 10.2 Å². The van der Waals surface area contributed by atoms with Gasteiger partial charge in [-0.3, -0.25) is 0 Å². The van der Waals surface area contributed by atoms with Crippen LogP contribution in [0.25, 0.3) is 0 Å². The van der Waals surface area contributed by atoms with Crippen LogP contribution in [0.1, 0.15) is 5.01 Å². The van der Waals surface area contributed by atoms with Crippen LogP contribution in [0.5, 0.6) is 0 Å². The van der Waals surface area contributed by atoms with Crippen molar-refractivity contribution in [3.8, 4) is 6.07 Å². The third-order valence-corrected chi connectivity index (χ3v) is 3.45. The van der Waals surface area contributed by atoms with Crippen molar-refractivity contribution in [1.82, 2.24) is 15.5 Å². The lowest BCUT2D eigenvalue weighted by molar-refractivity contribution is 0.749. The first-order valence-corrected chi connectivity index (χ1v) is 5.56. The van der Waals surface area contributed by atoms with E-state index in [0.717, 1.165) is 9.35 Å². The molecule has 1 unspecified atom stereocenters. The average molecular weight is 214 g/mol. The minimum Gasteiger partial charge on any atom is -0.304 e. The van der Waals surface area contributed by atoms with Crippen molar-refractivity contribution in [2.45, 2.75) is 17.3 Å². The Morgan fingerprint density at radius 1 is 1.69 bits per heavy atom. The van der Waals surface area contributed by atoms with Crippen molar-refractivity contribution in [3.63, 3.8) is 0 Å². The van der Waals surface area contributed by atoms with E-state index in [1.54, 1.807) is 30.1 Å². The first-order valence-electron chi connectivity index (χ1n) is 3.76. The summed E-state index contributed by atoms with van der Waals surface area (Å²) in [6, 6.07) is 2.04. The van der Waals surface area contributed by atoms with Crippen molar-refractivity contribution in [2.75, 3.05) is 12.8 Å². The van der Waals surface area contributed by atoms with E-state index in [4.69, 9.17) is 5.26 Å². The van der Waals surface area contributed by atoms with Gasteiger partial charge in [-0.2, -0.15) is 5.26 Å². The number of thioether (sulfide) groups is 1. The molecular formula is C7H10N4S2. The lowest BCUT2D eigenvalue weighted by atomic mass is 10.4. The van der Waals surface area contributed by atoms with Gasteiger partial charge >= 0.3 is 0 Å². The number of nitrogens with one attached hydrogen (secondary N) is 1. The molecule has 0 aliphatic rings. The third-order valence-electron chi connectivity index (χ3n) is 1.39. The van der Waals surface area contributed by atoms with Crippen LogP contribution in [-0.2, 0) is 0 Å². The van der Waals surface area contributed by atoms with Crippen LogP contribution in [-0.4, -0.2) is 29.0 Å². The normalized spacial score (nSPS) is 12.4. The second-order valence-electron chi connectivity index (χ2n) is 2.37. The van der Waals surface area contributed by atoms with E-state index in [0.29, 0.717) is 5.75 Å². The van der Waals surface area contributed by atoms with Crippen LogP contribution in [0.15, 0.2) is 4.34 Å². The molecule has 1 aromatic rings. The third kappa shape index (κ3) is 3.30. The monoisotopic (exact) mass is 214 g/mol. The lowest BCUT2D eigenvalue weighted by Gasteiger charge is -2.03. The molecule has 0 aromatic carbocycles. The summed E-state index contributed by atoms with van der Waals surface area (Å²) in [6.45, 7) is 1.92. The molecule has 4 nitrogen and oxygen atoms in total. The fourth-order valence-corrected chi connectivity index (χ4v) is 2.54.